The van der Waals surface area contributed by atoms with Crippen molar-refractivity contribution in [1.29, 1.82) is 0 Å². The van der Waals surface area contributed by atoms with E-state index >= 15 is 0 Å². The molecule has 0 aliphatic carbocycles. The van der Waals surface area contributed by atoms with Crippen LogP contribution < -0.4 is 4.74 Å². The van der Waals surface area contributed by atoms with Crippen molar-refractivity contribution < 1.29 is 43.9 Å². The van der Waals surface area contributed by atoms with Gasteiger partial charge in [-0.15, -0.1) is 0 Å². The second-order valence-corrected chi connectivity index (χ2v) is 7.50. The fraction of sp³-hybridized carbons (Fsp3) is 0.273. The number of hydrogen-bond donors (Lipinski definition) is 0. The zero-order valence-corrected chi connectivity index (χ0v) is 13.6. The van der Waals surface area contributed by atoms with E-state index in [9.17, 15) is 34.4 Å². The largest absolute Gasteiger partial charge is 0.498 e. The summed E-state index contributed by atoms with van der Waals surface area (Å²) >= 11 is 0. The van der Waals surface area contributed by atoms with Gasteiger partial charge in [-0.3, -0.25) is 0 Å². The van der Waals surface area contributed by atoms with Crippen LogP contribution in [0.5, 0.6) is 5.75 Å². The van der Waals surface area contributed by atoms with Crippen molar-refractivity contribution in [2.45, 2.75) is 4.90 Å². The average Bonchev–Trinajstić information content (AvgIpc) is 2.41. The molecule has 0 atom stereocenters. The normalized spacial score (nSPS) is 12.0. The van der Waals surface area contributed by atoms with E-state index in [-0.39, 0.29) is 6.61 Å². The lowest BCUT2D eigenvalue weighted by Gasteiger charge is -2.20. The maximum Gasteiger partial charge on any atom is 0.205 e. The molecule has 0 spiro atoms. The van der Waals surface area contributed by atoms with E-state index in [4.69, 9.17) is 0 Å². The summed E-state index contributed by atoms with van der Waals surface area (Å²) in [5, 5.41) is 0. The smallest absolute Gasteiger partial charge is 0.205 e. The SMILES string of the molecule is C=COCCOc1c(F)c(F)c(S(=O)(=O)[N-]S(C)(=O)=O)c(F)c1F. The number of ether oxygens (including phenoxy) is 2. The first-order valence-corrected chi connectivity index (χ1v) is 9.11. The highest BCUT2D eigenvalue weighted by Crippen LogP contribution is 2.34. The molecule has 0 aliphatic heterocycles. The van der Waals surface area contributed by atoms with Crippen molar-refractivity contribution in [2.24, 2.45) is 0 Å². The number of sulfonamides is 2. The predicted molar refractivity (Wildman–Crippen MR) is 73.3 cm³/mol. The highest BCUT2D eigenvalue weighted by molar-refractivity contribution is 8.11. The number of nitrogens with zero attached hydrogens (tertiary/aromatic N) is 1. The molecular weight excluding hydrogens is 382 g/mol. The Kier molecular flexibility index (Phi) is 6.19. The highest BCUT2D eigenvalue weighted by Gasteiger charge is 2.31. The maximum absolute atomic E-state index is 13.8. The van der Waals surface area contributed by atoms with Crippen molar-refractivity contribution in [1.82, 2.24) is 0 Å². The zero-order valence-electron chi connectivity index (χ0n) is 11.9. The minimum atomic E-state index is -5.56. The number of benzene rings is 1. The summed E-state index contributed by atoms with van der Waals surface area (Å²) in [5.41, 5.74) is 0. The minimum Gasteiger partial charge on any atom is -0.498 e. The lowest BCUT2D eigenvalue weighted by molar-refractivity contribution is 0.168. The first-order valence-electron chi connectivity index (χ1n) is 5.83. The molecule has 0 radical (unpaired) electrons. The first-order chi connectivity index (χ1) is 10.9. The van der Waals surface area contributed by atoms with Gasteiger partial charge in [-0.1, -0.05) is 6.58 Å². The third-order valence-electron chi connectivity index (χ3n) is 2.24. The van der Waals surface area contributed by atoms with Crippen molar-refractivity contribution in [3.05, 3.63) is 40.2 Å². The molecule has 0 saturated heterocycles. The van der Waals surface area contributed by atoms with E-state index in [0.717, 1.165) is 6.26 Å². The van der Waals surface area contributed by atoms with E-state index in [0.29, 0.717) is 6.26 Å². The van der Waals surface area contributed by atoms with Crippen LogP contribution in [-0.4, -0.2) is 36.3 Å². The van der Waals surface area contributed by atoms with Crippen molar-refractivity contribution >= 4 is 20.0 Å². The summed E-state index contributed by atoms with van der Waals surface area (Å²) in [7, 11) is -10.2. The monoisotopic (exact) mass is 392 g/mol. The van der Waals surface area contributed by atoms with Gasteiger partial charge in [0.1, 0.15) is 28.1 Å². The molecule has 0 aliphatic rings. The third kappa shape index (κ3) is 4.58. The zero-order chi connectivity index (χ0) is 18.7. The molecule has 0 amide bonds. The van der Waals surface area contributed by atoms with Gasteiger partial charge in [-0.05, 0) is 0 Å². The van der Waals surface area contributed by atoms with Crippen LogP contribution in [0.3, 0.4) is 0 Å². The van der Waals surface area contributed by atoms with Crippen LogP contribution >= 0.6 is 0 Å². The molecule has 0 unspecified atom stereocenters. The standard InChI is InChI=1S/C11H10F4NO6S2/c1-3-21-4-5-22-10-6(12)8(14)11(9(15)7(10)13)24(19,20)16-23(2,17)18/h3H,1,4-5H2,2H3/q-1. The lowest BCUT2D eigenvalue weighted by Crippen LogP contribution is -2.15. The molecule has 0 saturated carbocycles. The Morgan fingerprint density at radius 1 is 1.00 bits per heavy atom. The van der Waals surface area contributed by atoms with E-state index in [1.165, 1.54) is 0 Å². The maximum atomic E-state index is 13.8. The van der Waals surface area contributed by atoms with Gasteiger partial charge in [0.2, 0.25) is 11.6 Å². The van der Waals surface area contributed by atoms with Gasteiger partial charge >= 0.3 is 0 Å². The van der Waals surface area contributed by atoms with Gasteiger partial charge in [0.25, 0.3) is 0 Å². The van der Waals surface area contributed by atoms with Crippen LogP contribution in [0.1, 0.15) is 0 Å². The summed E-state index contributed by atoms with van der Waals surface area (Å²) in [4.78, 5) is -2.18. The summed E-state index contributed by atoms with van der Waals surface area (Å²) in [6.07, 6.45) is 1.28. The summed E-state index contributed by atoms with van der Waals surface area (Å²) in [6.45, 7) is 2.35. The molecule has 1 aromatic rings. The van der Waals surface area contributed by atoms with Gasteiger partial charge in [0.15, 0.2) is 17.4 Å². The fourth-order valence-electron chi connectivity index (χ4n) is 1.44. The number of halogens is 4. The summed E-state index contributed by atoms with van der Waals surface area (Å²) in [6, 6.07) is 0. The van der Waals surface area contributed by atoms with Gasteiger partial charge in [-0.25, -0.2) is 25.6 Å². The highest BCUT2D eigenvalue weighted by atomic mass is 32.3. The molecule has 0 bridgehead atoms. The van der Waals surface area contributed by atoms with Gasteiger partial charge in [0, 0.05) is 6.26 Å². The lowest BCUT2D eigenvalue weighted by atomic mass is 10.3. The van der Waals surface area contributed by atoms with Crippen molar-refractivity contribution in [3.8, 4) is 5.75 Å². The molecule has 7 nitrogen and oxygen atoms in total. The quantitative estimate of drug-likeness (QED) is 0.289. The summed E-state index contributed by atoms with van der Waals surface area (Å²) in [5.74, 6) is -10.6. The topological polar surface area (TPSA) is 101 Å². The second-order valence-electron chi connectivity index (χ2n) is 4.08. The Morgan fingerprint density at radius 2 is 1.50 bits per heavy atom. The molecule has 0 heterocycles. The van der Waals surface area contributed by atoms with Gasteiger partial charge < -0.3 is 13.6 Å². The minimum absolute atomic E-state index is 0.269. The predicted octanol–water partition coefficient (Wildman–Crippen LogP) is 1.80. The Balaban J connectivity index is 3.40. The van der Waals surface area contributed by atoms with E-state index in [1.54, 1.807) is 0 Å². The molecule has 136 valence electrons. The molecular formula is C11H10F4NO6S2-. The molecule has 0 aromatic heterocycles. The molecule has 0 N–H and O–H groups in total. The van der Waals surface area contributed by atoms with Crippen molar-refractivity contribution in [3.63, 3.8) is 0 Å². The summed E-state index contributed by atoms with van der Waals surface area (Å²) < 4.78 is 111. The molecule has 1 rings (SSSR count). The van der Waals surface area contributed by atoms with Crippen LogP contribution in [0.2, 0.25) is 0 Å². The molecule has 1 aromatic carbocycles. The van der Waals surface area contributed by atoms with Crippen LogP contribution in [0.25, 0.3) is 4.13 Å². The molecule has 0 fully saturated rings. The van der Waals surface area contributed by atoms with Gasteiger partial charge in [0.05, 0.1) is 16.3 Å². The number of rotatable bonds is 8. The van der Waals surface area contributed by atoms with Crippen LogP contribution in [0, 0.1) is 23.3 Å². The molecule has 24 heavy (non-hydrogen) atoms. The van der Waals surface area contributed by atoms with E-state index < -0.39 is 60.6 Å². The fourth-order valence-corrected chi connectivity index (χ4v) is 3.79. The van der Waals surface area contributed by atoms with Gasteiger partial charge in [-0.2, -0.15) is 8.78 Å². The first kappa shape index (κ1) is 20.2. The van der Waals surface area contributed by atoms with E-state index in [1.807, 2.05) is 0 Å². The van der Waals surface area contributed by atoms with Crippen LogP contribution in [0.4, 0.5) is 17.6 Å². The Hall–Kier alpha value is -1.86. The Bertz CT molecular complexity index is 825. The molecule has 13 heteroatoms. The Morgan fingerprint density at radius 3 is 1.92 bits per heavy atom. The third-order valence-corrected chi connectivity index (χ3v) is 4.98. The van der Waals surface area contributed by atoms with Crippen LogP contribution in [-0.2, 0) is 24.8 Å². The average molecular weight is 392 g/mol. The van der Waals surface area contributed by atoms with Crippen molar-refractivity contribution in [2.75, 3.05) is 19.5 Å². The second kappa shape index (κ2) is 7.36. The van der Waals surface area contributed by atoms with Crippen LogP contribution in [0.15, 0.2) is 17.7 Å². The number of hydrogen-bond acceptors (Lipinski definition) is 6. The van der Waals surface area contributed by atoms with E-state index in [2.05, 4.69) is 20.2 Å². The Labute approximate surface area is 135 Å².